The third-order valence-electron chi connectivity index (χ3n) is 7.99. The van der Waals surface area contributed by atoms with Crippen molar-refractivity contribution in [2.45, 2.75) is 50.7 Å². The number of esters is 1. The van der Waals surface area contributed by atoms with Crippen molar-refractivity contribution in [1.29, 1.82) is 0 Å². The molecule has 0 unspecified atom stereocenters. The molecule has 0 spiro atoms. The van der Waals surface area contributed by atoms with Crippen LogP contribution >= 0.6 is 23.2 Å². The number of ether oxygens (including phenoxy) is 1. The molecule has 3 aromatic rings. The molecule has 2 saturated heterocycles. The molecule has 5 rings (SSSR count). The van der Waals surface area contributed by atoms with Crippen LogP contribution in [-0.2, 0) is 9.53 Å². The van der Waals surface area contributed by atoms with Gasteiger partial charge in [0.15, 0.2) is 0 Å². The zero-order valence-electron chi connectivity index (χ0n) is 22.5. The molecule has 4 heterocycles. The fourth-order valence-corrected chi connectivity index (χ4v) is 6.49. The summed E-state index contributed by atoms with van der Waals surface area (Å²) in [7, 11) is 1.46. The highest BCUT2D eigenvalue weighted by Gasteiger charge is 2.37. The molecule has 2 fully saturated rings. The summed E-state index contributed by atoms with van der Waals surface area (Å²) in [6.07, 6.45) is 9.63. The van der Waals surface area contributed by atoms with E-state index < -0.39 is 6.04 Å². The Balaban J connectivity index is 1.25. The number of likely N-dealkylation sites (tertiary alicyclic amines) is 1. The first-order chi connectivity index (χ1) is 19.0. The van der Waals surface area contributed by atoms with E-state index in [4.69, 9.17) is 32.9 Å². The molecule has 0 radical (unpaired) electrons. The highest BCUT2D eigenvalue weighted by atomic mass is 35.5. The first-order valence-corrected chi connectivity index (χ1v) is 14.5. The molecule has 2 atom stereocenters. The van der Waals surface area contributed by atoms with Crippen molar-refractivity contribution < 1.29 is 9.53 Å². The average Bonchev–Trinajstić information content (AvgIpc) is 3.50. The number of carbonyl (C=O) groups is 1. The van der Waals surface area contributed by atoms with E-state index in [0.29, 0.717) is 22.1 Å². The number of rotatable bonds is 8. The summed E-state index contributed by atoms with van der Waals surface area (Å²) in [6, 6.07) is 9.95. The van der Waals surface area contributed by atoms with Crippen LogP contribution in [0.3, 0.4) is 0 Å². The van der Waals surface area contributed by atoms with Crippen molar-refractivity contribution in [3.05, 3.63) is 64.5 Å². The number of carbonyl (C=O) groups excluding carboxylic acids is 1. The number of aromatic amines is 1. The molecule has 2 aliphatic heterocycles. The smallest absolute Gasteiger partial charge is 0.327 e. The molecule has 0 amide bonds. The van der Waals surface area contributed by atoms with E-state index >= 15 is 0 Å². The Morgan fingerprint density at radius 3 is 2.54 bits per heavy atom. The van der Waals surface area contributed by atoms with Gasteiger partial charge in [0.25, 0.3) is 0 Å². The van der Waals surface area contributed by atoms with Crippen LogP contribution in [0.5, 0.6) is 0 Å². The van der Waals surface area contributed by atoms with Crippen molar-refractivity contribution in [2.75, 3.05) is 44.7 Å². The monoisotopic (exact) mass is 570 g/mol. The summed E-state index contributed by atoms with van der Waals surface area (Å²) >= 11 is 12.8. The van der Waals surface area contributed by atoms with E-state index in [9.17, 15) is 4.79 Å². The van der Waals surface area contributed by atoms with Crippen LogP contribution in [0.25, 0.3) is 11.4 Å². The molecule has 8 nitrogen and oxygen atoms in total. The molecular formula is C29H36Cl2N6O2. The van der Waals surface area contributed by atoms with Gasteiger partial charge < -0.3 is 14.6 Å². The lowest BCUT2D eigenvalue weighted by Gasteiger charge is -2.48. The van der Waals surface area contributed by atoms with E-state index in [1.807, 2.05) is 36.5 Å². The van der Waals surface area contributed by atoms with Gasteiger partial charge in [-0.15, -0.1) is 0 Å². The van der Waals surface area contributed by atoms with Crippen LogP contribution < -0.4 is 4.90 Å². The van der Waals surface area contributed by atoms with Crippen molar-refractivity contribution >= 4 is 35.0 Å². The van der Waals surface area contributed by atoms with Gasteiger partial charge in [-0.2, -0.15) is 0 Å². The van der Waals surface area contributed by atoms with Gasteiger partial charge in [0.2, 0.25) is 0 Å². The van der Waals surface area contributed by atoms with Crippen LogP contribution in [0.1, 0.15) is 44.2 Å². The Morgan fingerprint density at radius 2 is 1.90 bits per heavy atom. The maximum atomic E-state index is 12.8. The van der Waals surface area contributed by atoms with E-state index in [2.05, 4.69) is 31.6 Å². The maximum Gasteiger partial charge on any atom is 0.327 e. The topological polar surface area (TPSA) is 77.6 Å². The quantitative estimate of drug-likeness (QED) is 0.361. The lowest BCUT2D eigenvalue weighted by atomic mass is 9.95. The number of piperazine rings is 1. The summed E-state index contributed by atoms with van der Waals surface area (Å²) in [4.78, 5) is 32.2. The van der Waals surface area contributed by atoms with Gasteiger partial charge in [-0.05, 0) is 43.0 Å². The van der Waals surface area contributed by atoms with Gasteiger partial charge in [-0.25, -0.2) is 14.8 Å². The van der Waals surface area contributed by atoms with Crippen LogP contribution in [0, 0.1) is 0 Å². The summed E-state index contributed by atoms with van der Waals surface area (Å²) in [5, 5.41) is 1.31. The number of imidazole rings is 1. The van der Waals surface area contributed by atoms with Crippen LogP contribution in [-0.4, -0.2) is 82.6 Å². The van der Waals surface area contributed by atoms with E-state index in [1.54, 1.807) is 12.4 Å². The molecule has 208 valence electrons. The predicted octanol–water partition coefficient (Wildman–Crippen LogP) is 5.45. The molecule has 2 aromatic heterocycles. The molecule has 39 heavy (non-hydrogen) atoms. The summed E-state index contributed by atoms with van der Waals surface area (Å²) < 4.78 is 5.18. The fraction of sp³-hybridized carbons (Fsp3) is 0.483. The Bertz CT molecular complexity index is 1230. The minimum atomic E-state index is -0.408. The summed E-state index contributed by atoms with van der Waals surface area (Å²) in [5.74, 6) is 1.38. The van der Waals surface area contributed by atoms with Gasteiger partial charge in [-0.1, -0.05) is 48.7 Å². The standard InChI is InChI=1S/C29H36Cl2N6O2/c1-3-4-24-19-36(28-25(31)17-21(18-34-28)27-32-11-12-33-27)15-16-37(24)23-9-13-35(14-10-23)26(29(38)39-2)20-5-7-22(30)8-6-20/h5-8,11-12,17-18,23-24,26H,3-4,9-10,13-16,19H2,1-2H3,(H,32,33)/t24-,26-/m0/s1. The van der Waals surface area contributed by atoms with Gasteiger partial charge >= 0.3 is 5.97 Å². The van der Waals surface area contributed by atoms with E-state index in [0.717, 1.165) is 81.2 Å². The first-order valence-electron chi connectivity index (χ1n) is 13.7. The number of halogens is 2. The number of hydrogen-bond acceptors (Lipinski definition) is 7. The third kappa shape index (κ3) is 6.24. The second-order valence-electron chi connectivity index (χ2n) is 10.3. The van der Waals surface area contributed by atoms with Crippen molar-refractivity contribution in [2.24, 2.45) is 0 Å². The maximum absolute atomic E-state index is 12.8. The molecule has 1 N–H and O–H groups in total. The van der Waals surface area contributed by atoms with Gasteiger partial charge in [0.1, 0.15) is 17.7 Å². The number of anilines is 1. The van der Waals surface area contributed by atoms with E-state index in [-0.39, 0.29) is 5.97 Å². The summed E-state index contributed by atoms with van der Waals surface area (Å²) in [5.41, 5.74) is 1.80. The van der Waals surface area contributed by atoms with Gasteiger partial charge in [-0.3, -0.25) is 9.80 Å². The number of methoxy groups -OCH3 is 1. The Hall–Kier alpha value is -2.65. The third-order valence-corrected chi connectivity index (χ3v) is 8.52. The molecule has 1 aromatic carbocycles. The fourth-order valence-electron chi connectivity index (χ4n) is 6.08. The molecule has 0 aliphatic carbocycles. The zero-order valence-corrected chi connectivity index (χ0v) is 24.0. The number of H-pyrrole nitrogens is 1. The normalized spacial score (nSPS) is 20.2. The zero-order chi connectivity index (χ0) is 27.4. The Labute approximate surface area is 240 Å². The molecule has 10 heteroatoms. The van der Waals surface area contributed by atoms with Crippen molar-refractivity contribution in [1.82, 2.24) is 24.8 Å². The predicted molar refractivity (Wildman–Crippen MR) is 155 cm³/mol. The van der Waals surface area contributed by atoms with Gasteiger partial charge in [0.05, 0.1) is 12.1 Å². The number of nitrogens with zero attached hydrogens (tertiary/aromatic N) is 5. The number of piperidine rings is 1. The summed E-state index contributed by atoms with van der Waals surface area (Å²) in [6.45, 7) is 6.67. The molecule has 0 bridgehead atoms. The van der Waals surface area contributed by atoms with Crippen LogP contribution in [0.2, 0.25) is 10.0 Å². The second-order valence-corrected chi connectivity index (χ2v) is 11.2. The van der Waals surface area contributed by atoms with E-state index in [1.165, 1.54) is 7.11 Å². The highest BCUT2D eigenvalue weighted by Crippen LogP contribution is 2.33. The first kappa shape index (κ1) is 27.9. The lowest BCUT2D eigenvalue weighted by Crippen LogP contribution is -2.59. The lowest BCUT2D eigenvalue weighted by molar-refractivity contribution is -0.148. The number of pyridine rings is 1. The largest absolute Gasteiger partial charge is 0.468 e. The number of aromatic nitrogens is 3. The minimum Gasteiger partial charge on any atom is -0.468 e. The van der Waals surface area contributed by atoms with Gasteiger partial charge in [0, 0.05) is 74.0 Å². The molecular weight excluding hydrogens is 535 g/mol. The minimum absolute atomic E-state index is 0.226. The van der Waals surface area contributed by atoms with Crippen LogP contribution in [0.4, 0.5) is 5.82 Å². The Kier molecular flexibility index (Phi) is 9.07. The SMILES string of the molecule is CCC[C@H]1CN(c2ncc(-c3ncc[nH]3)cc2Cl)CCN1C1CCN([C@H](C(=O)OC)c2ccc(Cl)cc2)CC1. The van der Waals surface area contributed by atoms with Crippen LogP contribution in [0.15, 0.2) is 48.9 Å². The number of hydrogen-bond donors (Lipinski definition) is 1. The van der Waals surface area contributed by atoms with Crippen molar-refractivity contribution in [3.8, 4) is 11.4 Å². The molecule has 0 saturated carbocycles. The number of benzene rings is 1. The highest BCUT2D eigenvalue weighted by molar-refractivity contribution is 6.33. The Morgan fingerprint density at radius 1 is 1.13 bits per heavy atom. The molecule has 2 aliphatic rings. The average molecular weight is 572 g/mol. The number of nitrogens with one attached hydrogen (secondary N) is 1. The van der Waals surface area contributed by atoms with Crippen molar-refractivity contribution in [3.63, 3.8) is 0 Å². The second kappa shape index (κ2) is 12.7.